The molecule has 1 aromatic carbocycles. The van der Waals surface area contributed by atoms with E-state index in [1.807, 2.05) is 32.0 Å². The molecule has 0 saturated heterocycles. The lowest BCUT2D eigenvalue weighted by Crippen LogP contribution is -2.37. The highest BCUT2D eigenvalue weighted by Crippen LogP contribution is 2.34. The first-order valence-electron chi connectivity index (χ1n) is 9.46. The van der Waals surface area contributed by atoms with Crippen LogP contribution < -0.4 is 10.6 Å². The monoisotopic (exact) mass is 386 g/mol. The Kier molecular flexibility index (Phi) is 5.87. The van der Waals surface area contributed by atoms with Crippen molar-refractivity contribution in [2.24, 2.45) is 0 Å². The van der Waals surface area contributed by atoms with Gasteiger partial charge in [0.05, 0.1) is 18.8 Å². The van der Waals surface area contributed by atoms with Gasteiger partial charge in [-0.25, -0.2) is 14.6 Å². The Labute approximate surface area is 164 Å². The van der Waals surface area contributed by atoms with E-state index in [1.54, 1.807) is 24.0 Å². The molecule has 0 aliphatic carbocycles. The molecule has 2 aromatic rings. The smallest absolute Gasteiger partial charge is 0.407 e. The first kappa shape index (κ1) is 19.7. The first-order chi connectivity index (χ1) is 13.4. The summed E-state index contributed by atoms with van der Waals surface area (Å²) >= 11 is 0. The molecule has 1 aliphatic heterocycles. The molecular weight excluding hydrogens is 360 g/mol. The van der Waals surface area contributed by atoms with Gasteiger partial charge in [-0.2, -0.15) is 0 Å². The molecule has 0 bridgehead atoms. The lowest BCUT2D eigenvalue weighted by Gasteiger charge is -2.32. The van der Waals surface area contributed by atoms with E-state index in [4.69, 9.17) is 9.47 Å². The van der Waals surface area contributed by atoms with Crippen LogP contribution in [0.1, 0.15) is 56.2 Å². The van der Waals surface area contributed by atoms with Crippen molar-refractivity contribution in [1.29, 1.82) is 0 Å². The predicted octanol–water partition coefficient (Wildman–Crippen LogP) is 3.43. The van der Waals surface area contributed by atoms with Gasteiger partial charge in [-0.3, -0.25) is 0 Å². The standard InChI is InChI=1S/C20H26N4O4/c1-5-27-19(25)18-10-24(11-21-18)14-6-7-16-15(9-14)17(8-13(4)22-16)23-20(26)28-12(2)3/h6-7,9-13,17,22H,5,8H2,1-4H3,(H,23,26)/t13-,17+/m1/s1. The van der Waals surface area contributed by atoms with Crippen LogP contribution in [0.25, 0.3) is 5.69 Å². The van der Waals surface area contributed by atoms with Crippen LogP contribution in [0.5, 0.6) is 0 Å². The van der Waals surface area contributed by atoms with E-state index >= 15 is 0 Å². The number of anilines is 1. The highest BCUT2D eigenvalue weighted by molar-refractivity contribution is 5.87. The molecule has 0 spiro atoms. The minimum absolute atomic E-state index is 0.175. The van der Waals surface area contributed by atoms with Crippen molar-refractivity contribution in [3.63, 3.8) is 0 Å². The lowest BCUT2D eigenvalue weighted by atomic mass is 9.93. The molecule has 1 aromatic heterocycles. The summed E-state index contributed by atoms with van der Waals surface area (Å²) in [7, 11) is 0. The van der Waals surface area contributed by atoms with E-state index in [-0.39, 0.29) is 23.9 Å². The number of amides is 1. The molecule has 3 rings (SSSR count). The molecule has 0 unspecified atom stereocenters. The summed E-state index contributed by atoms with van der Waals surface area (Å²) in [6.07, 6.45) is 3.33. The minimum Gasteiger partial charge on any atom is -0.461 e. The van der Waals surface area contributed by atoms with E-state index < -0.39 is 12.1 Å². The van der Waals surface area contributed by atoms with Crippen molar-refractivity contribution in [1.82, 2.24) is 14.9 Å². The number of esters is 1. The summed E-state index contributed by atoms with van der Waals surface area (Å²) in [6, 6.07) is 5.92. The van der Waals surface area contributed by atoms with Crippen LogP contribution in [0.3, 0.4) is 0 Å². The lowest BCUT2D eigenvalue weighted by molar-refractivity contribution is 0.0520. The second kappa shape index (κ2) is 8.33. The molecule has 0 saturated carbocycles. The Morgan fingerprint density at radius 3 is 2.89 bits per heavy atom. The topological polar surface area (TPSA) is 94.5 Å². The number of imidazole rings is 1. The van der Waals surface area contributed by atoms with Gasteiger partial charge in [-0.1, -0.05) is 0 Å². The largest absolute Gasteiger partial charge is 0.461 e. The molecule has 8 nitrogen and oxygen atoms in total. The maximum Gasteiger partial charge on any atom is 0.407 e. The SMILES string of the molecule is CCOC(=O)c1cn(-c2ccc3c(c2)[C@@H](NC(=O)OC(C)C)C[C@@H](C)N3)cn1. The van der Waals surface area contributed by atoms with Crippen molar-refractivity contribution in [3.05, 3.63) is 42.0 Å². The molecule has 0 fully saturated rings. The summed E-state index contributed by atoms with van der Waals surface area (Å²) in [6.45, 7) is 7.76. The van der Waals surface area contributed by atoms with Crippen molar-refractivity contribution < 1.29 is 19.1 Å². The Hall–Kier alpha value is -3.03. The van der Waals surface area contributed by atoms with Gasteiger partial charge < -0.3 is 24.7 Å². The summed E-state index contributed by atoms with van der Waals surface area (Å²) in [5.74, 6) is -0.453. The first-order valence-corrected chi connectivity index (χ1v) is 9.46. The van der Waals surface area contributed by atoms with Gasteiger partial charge in [0.25, 0.3) is 0 Å². The number of hydrogen-bond acceptors (Lipinski definition) is 6. The Morgan fingerprint density at radius 2 is 2.18 bits per heavy atom. The molecule has 0 radical (unpaired) electrons. The van der Waals surface area contributed by atoms with Crippen LogP contribution in [0.4, 0.5) is 10.5 Å². The van der Waals surface area contributed by atoms with E-state index in [9.17, 15) is 9.59 Å². The third kappa shape index (κ3) is 4.44. The number of carbonyl (C=O) groups is 2. The number of carbonyl (C=O) groups excluding carboxylic acids is 2. The number of alkyl carbamates (subject to hydrolysis) is 1. The van der Waals surface area contributed by atoms with Gasteiger partial charge >= 0.3 is 12.1 Å². The van der Waals surface area contributed by atoms with Gasteiger partial charge in [0, 0.05) is 23.6 Å². The second-order valence-electron chi connectivity index (χ2n) is 7.09. The number of nitrogens with zero attached hydrogens (tertiary/aromatic N) is 2. The number of fused-ring (bicyclic) bond motifs is 1. The van der Waals surface area contributed by atoms with Gasteiger partial charge in [0.1, 0.15) is 6.33 Å². The van der Waals surface area contributed by atoms with E-state index in [2.05, 4.69) is 22.5 Å². The highest BCUT2D eigenvalue weighted by Gasteiger charge is 2.27. The zero-order chi connectivity index (χ0) is 20.3. The fourth-order valence-corrected chi connectivity index (χ4v) is 3.24. The van der Waals surface area contributed by atoms with Gasteiger partial charge in [-0.05, 0) is 57.9 Å². The van der Waals surface area contributed by atoms with Crippen LogP contribution in [-0.2, 0) is 9.47 Å². The maximum atomic E-state index is 12.1. The van der Waals surface area contributed by atoms with E-state index in [0.29, 0.717) is 6.61 Å². The maximum absolute atomic E-state index is 12.1. The minimum atomic E-state index is -0.453. The fourth-order valence-electron chi connectivity index (χ4n) is 3.24. The molecule has 2 N–H and O–H groups in total. The zero-order valence-corrected chi connectivity index (χ0v) is 16.6. The van der Waals surface area contributed by atoms with Crippen molar-refractivity contribution in [2.75, 3.05) is 11.9 Å². The Bertz CT molecular complexity index is 862. The van der Waals surface area contributed by atoms with Crippen molar-refractivity contribution in [2.45, 2.75) is 52.3 Å². The van der Waals surface area contributed by atoms with Crippen LogP contribution in [0.15, 0.2) is 30.7 Å². The number of benzene rings is 1. The summed E-state index contributed by atoms with van der Waals surface area (Å²) < 4.78 is 12.0. The molecule has 2 heterocycles. The number of ether oxygens (including phenoxy) is 2. The average Bonchev–Trinajstić information content (AvgIpc) is 3.11. The van der Waals surface area contributed by atoms with Gasteiger partial charge in [0.15, 0.2) is 5.69 Å². The molecule has 28 heavy (non-hydrogen) atoms. The van der Waals surface area contributed by atoms with Crippen LogP contribution >= 0.6 is 0 Å². The van der Waals surface area contributed by atoms with Crippen LogP contribution in [-0.4, -0.2) is 40.4 Å². The molecule has 2 atom stereocenters. The fraction of sp³-hybridized carbons (Fsp3) is 0.450. The number of rotatable bonds is 5. The van der Waals surface area contributed by atoms with Crippen molar-refractivity contribution >= 4 is 17.7 Å². The van der Waals surface area contributed by atoms with Crippen LogP contribution in [0.2, 0.25) is 0 Å². The highest BCUT2D eigenvalue weighted by atomic mass is 16.6. The van der Waals surface area contributed by atoms with E-state index in [1.165, 1.54) is 0 Å². The molecule has 1 aliphatic rings. The van der Waals surface area contributed by atoms with E-state index in [0.717, 1.165) is 23.4 Å². The molecule has 8 heteroatoms. The summed E-state index contributed by atoms with van der Waals surface area (Å²) in [4.78, 5) is 28.1. The predicted molar refractivity (Wildman–Crippen MR) is 105 cm³/mol. The number of hydrogen-bond donors (Lipinski definition) is 2. The normalized spacial score (nSPS) is 18.2. The Morgan fingerprint density at radius 1 is 1.39 bits per heavy atom. The molecular formula is C20H26N4O4. The third-order valence-corrected chi connectivity index (χ3v) is 4.40. The summed E-state index contributed by atoms with van der Waals surface area (Å²) in [5, 5.41) is 6.39. The molecule has 1 amide bonds. The van der Waals surface area contributed by atoms with Crippen molar-refractivity contribution in [3.8, 4) is 5.69 Å². The molecule has 150 valence electrons. The Balaban J connectivity index is 1.86. The zero-order valence-electron chi connectivity index (χ0n) is 16.6. The number of nitrogens with one attached hydrogen (secondary N) is 2. The summed E-state index contributed by atoms with van der Waals surface area (Å²) in [5.41, 5.74) is 3.01. The quantitative estimate of drug-likeness (QED) is 0.765. The number of aromatic nitrogens is 2. The van der Waals surface area contributed by atoms with Gasteiger partial charge in [-0.15, -0.1) is 0 Å². The average molecular weight is 386 g/mol. The second-order valence-corrected chi connectivity index (χ2v) is 7.09. The third-order valence-electron chi connectivity index (χ3n) is 4.40. The van der Waals surface area contributed by atoms with Gasteiger partial charge in [0.2, 0.25) is 0 Å². The van der Waals surface area contributed by atoms with Crippen LogP contribution in [0, 0.1) is 0 Å².